The first-order valence-electron chi connectivity index (χ1n) is 5.29. The van der Waals surface area contributed by atoms with E-state index >= 15 is 0 Å². The highest BCUT2D eigenvalue weighted by Crippen LogP contribution is 2.41. The molecule has 16 heavy (non-hydrogen) atoms. The first-order chi connectivity index (χ1) is 7.65. The van der Waals surface area contributed by atoms with Crippen molar-refractivity contribution in [2.45, 2.75) is 23.4 Å². The Balaban J connectivity index is 1.98. The highest BCUT2D eigenvalue weighted by atomic mass is 79.9. The number of aliphatic hydroxyl groups is 1. The lowest BCUT2D eigenvalue weighted by molar-refractivity contribution is 0.194. The maximum absolute atomic E-state index is 9.37. The first kappa shape index (κ1) is 12.4. The molecule has 2 rings (SSSR count). The van der Waals surface area contributed by atoms with E-state index < -0.39 is 5.54 Å². The van der Waals surface area contributed by atoms with E-state index in [1.165, 1.54) is 0 Å². The third-order valence-electron chi connectivity index (χ3n) is 2.89. The molecule has 1 unspecified atom stereocenters. The molecule has 1 heterocycles. The van der Waals surface area contributed by atoms with Gasteiger partial charge in [-0.1, -0.05) is 0 Å². The van der Waals surface area contributed by atoms with Crippen molar-refractivity contribution in [3.05, 3.63) is 22.8 Å². The van der Waals surface area contributed by atoms with Crippen LogP contribution in [0.5, 0.6) is 0 Å². The summed E-state index contributed by atoms with van der Waals surface area (Å²) in [6.45, 7) is 0.0507. The van der Waals surface area contributed by atoms with E-state index in [0.717, 1.165) is 22.3 Å². The van der Waals surface area contributed by atoms with Crippen LogP contribution in [0.15, 0.2) is 27.8 Å². The normalized spacial score (nSPS) is 19.4. The molecule has 0 amide bonds. The van der Waals surface area contributed by atoms with Gasteiger partial charge in [0.05, 0.1) is 12.1 Å². The molecule has 0 bridgehead atoms. The summed E-state index contributed by atoms with van der Waals surface area (Å²) >= 11 is 5.06. The van der Waals surface area contributed by atoms with Gasteiger partial charge in [0.25, 0.3) is 0 Å². The average molecular weight is 303 g/mol. The summed E-state index contributed by atoms with van der Waals surface area (Å²) in [5.74, 6) is 1.19. The van der Waals surface area contributed by atoms with Crippen LogP contribution in [0.4, 0.5) is 0 Å². The number of nitrogens with two attached hydrogens (primary N) is 1. The minimum absolute atomic E-state index is 0.0507. The fourth-order valence-electron chi connectivity index (χ4n) is 1.63. The summed E-state index contributed by atoms with van der Waals surface area (Å²) in [6, 6.07) is 3.85. The molecule has 88 valence electrons. The van der Waals surface area contributed by atoms with Crippen LogP contribution in [0.3, 0.4) is 0 Å². The fraction of sp³-hybridized carbons (Fsp3) is 0.545. The Hall–Kier alpha value is -0.100. The van der Waals surface area contributed by atoms with E-state index in [1.807, 2.05) is 12.1 Å². The van der Waals surface area contributed by atoms with Crippen LogP contribution >= 0.6 is 27.7 Å². The summed E-state index contributed by atoms with van der Waals surface area (Å²) in [5, 5.41) is 10.3. The predicted molar refractivity (Wildman–Crippen MR) is 69.4 cm³/mol. The van der Waals surface area contributed by atoms with E-state index in [1.54, 1.807) is 18.0 Å². The van der Waals surface area contributed by atoms with Crippen molar-refractivity contribution in [2.75, 3.05) is 12.4 Å². The molecular formula is C11H15BrN2OS. The predicted octanol–water partition coefficient (Wildman–Crippen LogP) is 2.04. The number of halogens is 1. The summed E-state index contributed by atoms with van der Waals surface area (Å²) in [5.41, 5.74) is 5.74. The molecule has 1 aliphatic rings. The van der Waals surface area contributed by atoms with Crippen LogP contribution in [0, 0.1) is 5.92 Å². The van der Waals surface area contributed by atoms with Gasteiger partial charge in [0.1, 0.15) is 5.03 Å². The van der Waals surface area contributed by atoms with Gasteiger partial charge in [-0.3, -0.25) is 0 Å². The second-order valence-electron chi connectivity index (χ2n) is 4.24. The zero-order chi connectivity index (χ0) is 11.6. The van der Waals surface area contributed by atoms with Crippen molar-refractivity contribution >= 4 is 27.7 Å². The van der Waals surface area contributed by atoms with Crippen LogP contribution in [-0.4, -0.2) is 28.0 Å². The van der Waals surface area contributed by atoms with Gasteiger partial charge < -0.3 is 10.8 Å². The van der Waals surface area contributed by atoms with E-state index in [9.17, 15) is 5.11 Å². The number of nitrogens with zero attached hydrogens (tertiary/aromatic N) is 1. The largest absolute Gasteiger partial charge is 0.394 e. The number of hydrogen-bond acceptors (Lipinski definition) is 4. The van der Waals surface area contributed by atoms with Gasteiger partial charge in [-0.05, 0) is 46.8 Å². The quantitative estimate of drug-likeness (QED) is 0.817. The van der Waals surface area contributed by atoms with Crippen molar-refractivity contribution in [1.82, 2.24) is 4.98 Å². The standard InChI is InChI=1S/C11H15BrN2OS/c12-9-2-1-5-14-10(9)16-7-11(13,6-15)8-3-4-8/h1-2,5,8,15H,3-4,6-7,13H2. The Morgan fingerprint density at radius 2 is 2.38 bits per heavy atom. The molecular weight excluding hydrogens is 288 g/mol. The number of hydrogen-bond donors (Lipinski definition) is 2. The Labute approximate surface area is 108 Å². The second kappa shape index (κ2) is 5.04. The lowest BCUT2D eigenvalue weighted by Gasteiger charge is -2.26. The maximum Gasteiger partial charge on any atom is 0.110 e. The molecule has 0 spiro atoms. The zero-order valence-corrected chi connectivity index (χ0v) is 11.3. The maximum atomic E-state index is 9.37. The first-order valence-corrected chi connectivity index (χ1v) is 7.06. The van der Waals surface area contributed by atoms with Crippen molar-refractivity contribution in [3.8, 4) is 0 Å². The van der Waals surface area contributed by atoms with Gasteiger partial charge in [-0.25, -0.2) is 4.98 Å². The molecule has 1 aromatic rings. The highest BCUT2D eigenvalue weighted by molar-refractivity contribution is 9.10. The van der Waals surface area contributed by atoms with Gasteiger partial charge in [0.15, 0.2) is 0 Å². The summed E-state index contributed by atoms with van der Waals surface area (Å²) in [6.07, 6.45) is 4.05. The second-order valence-corrected chi connectivity index (χ2v) is 6.06. The molecule has 0 radical (unpaired) electrons. The van der Waals surface area contributed by atoms with Gasteiger partial charge in [-0.15, -0.1) is 11.8 Å². The molecule has 1 saturated carbocycles. The van der Waals surface area contributed by atoms with E-state index in [0.29, 0.717) is 11.7 Å². The molecule has 5 heteroatoms. The van der Waals surface area contributed by atoms with Crippen LogP contribution in [0.2, 0.25) is 0 Å². The number of aromatic nitrogens is 1. The topological polar surface area (TPSA) is 59.1 Å². The van der Waals surface area contributed by atoms with E-state index in [2.05, 4.69) is 20.9 Å². The Morgan fingerprint density at radius 3 is 2.94 bits per heavy atom. The Kier molecular flexibility index (Phi) is 3.89. The fourth-order valence-corrected chi connectivity index (χ4v) is 3.30. The molecule has 0 aliphatic heterocycles. The summed E-state index contributed by atoms with van der Waals surface area (Å²) < 4.78 is 0.982. The van der Waals surface area contributed by atoms with E-state index in [-0.39, 0.29) is 6.61 Å². The minimum Gasteiger partial charge on any atom is -0.394 e. The average Bonchev–Trinajstić information content (AvgIpc) is 3.12. The van der Waals surface area contributed by atoms with Crippen LogP contribution < -0.4 is 5.73 Å². The van der Waals surface area contributed by atoms with Crippen molar-refractivity contribution < 1.29 is 5.11 Å². The number of aliphatic hydroxyl groups excluding tert-OH is 1. The number of rotatable bonds is 5. The Bertz CT molecular complexity index is 373. The van der Waals surface area contributed by atoms with Gasteiger partial charge in [0, 0.05) is 16.4 Å². The Morgan fingerprint density at radius 1 is 1.62 bits per heavy atom. The highest BCUT2D eigenvalue weighted by Gasteiger charge is 2.41. The van der Waals surface area contributed by atoms with Crippen molar-refractivity contribution in [2.24, 2.45) is 11.7 Å². The summed E-state index contributed by atoms with van der Waals surface area (Å²) in [7, 11) is 0. The molecule has 3 nitrogen and oxygen atoms in total. The van der Waals surface area contributed by atoms with Gasteiger partial charge >= 0.3 is 0 Å². The molecule has 3 N–H and O–H groups in total. The van der Waals surface area contributed by atoms with Crippen molar-refractivity contribution in [1.29, 1.82) is 0 Å². The monoisotopic (exact) mass is 302 g/mol. The van der Waals surface area contributed by atoms with Crippen LogP contribution in [-0.2, 0) is 0 Å². The lowest BCUT2D eigenvalue weighted by atomic mass is 9.99. The van der Waals surface area contributed by atoms with Crippen molar-refractivity contribution in [3.63, 3.8) is 0 Å². The van der Waals surface area contributed by atoms with Gasteiger partial charge in [-0.2, -0.15) is 0 Å². The molecule has 1 aliphatic carbocycles. The molecule has 1 aromatic heterocycles. The van der Waals surface area contributed by atoms with Gasteiger partial charge in [0.2, 0.25) is 0 Å². The zero-order valence-electron chi connectivity index (χ0n) is 8.90. The van der Waals surface area contributed by atoms with Crippen LogP contribution in [0.1, 0.15) is 12.8 Å². The molecule has 1 fully saturated rings. The number of thioether (sulfide) groups is 1. The molecule has 0 saturated heterocycles. The third-order valence-corrected chi connectivity index (χ3v) is 5.07. The summed E-state index contributed by atoms with van der Waals surface area (Å²) in [4.78, 5) is 4.27. The minimum atomic E-state index is -0.443. The third kappa shape index (κ3) is 2.77. The van der Waals surface area contributed by atoms with Crippen LogP contribution in [0.25, 0.3) is 0 Å². The van der Waals surface area contributed by atoms with E-state index in [4.69, 9.17) is 5.73 Å². The SMILES string of the molecule is NC(CO)(CSc1ncccc1Br)C1CC1. The molecule has 0 aromatic carbocycles. The molecule has 1 atom stereocenters. The lowest BCUT2D eigenvalue weighted by Crippen LogP contribution is -2.48. The smallest absolute Gasteiger partial charge is 0.110 e. The number of pyridine rings is 1.